The van der Waals surface area contributed by atoms with Gasteiger partial charge in [0.2, 0.25) is 0 Å². The number of hydrogen-bond acceptors (Lipinski definition) is 3. The number of halogens is 1. The van der Waals surface area contributed by atoms with E-state index in [2.05, 4.69) is 0 Å². The van der Waals surface area contributed by atoms with E-state index in [-0.39, 0.29) is 11.9 Å². The van der Waals surface area contributed by atoms with Crippen LogP contribution >= 0.6 is 11.6 Å². The van der Waals surface area contributed by atoms with E-state index in [0.717, 1.165) is 18.8 Å². The summed E-state index contributed by atoms with van der Waals surface area (Å²) in [7, 11) is 1.96. The monoisotopic (exact) mass is 301 g/mol. The molecule has 1 heterocycles. The quantitative estimate of drug-likeness (QED) is 0.627. The molecule has 3 nitrogen and oxygen atoms in total. The largest absolute Gasteiger partial charge is 0.371 e. The van der Waals surface area contributed by atoms with Crippen molar-refractivity contribution in [2.75, 3.05) is 25.1 Å². The lowest BCUT2D eigenvalue weighted by molar-refractivity contribution is 0.103. The molecule has 0 aliphatic carbocycles. The molecule has 1 aliphatic rings. The topological polar surface area (TPSA) is 32.8 Å². The molecule has 2 aromatic rings. The number of likely N-dealkylation sites (N-methyl/N-ethyl adjacent to an activating group) is 1. The summed E-state index contributed by atoms with van der Waals surface area (Å²) in [6.07, 6.45) is 0.269. The average Bonchev–Trinajstić information content (AvgIpc) is 3.31. The molecular formula is C17H16ClNO2. The summed E-state index contributed by atoms with van der Waals surface area (Å²) >= 11 is 6.08. The summed E-state index contributed by atoms with van der Waals surface area (Å²) < 4.78 is 5.26. The van der Waals surface area contributed by atoms with Crippen LogP contribution in [0.5, 0.6) is 0 Å². The lowest BCUT2D eigenvalue weighted by Crippen LogP contribution is -2.24. The van der Waals surface area contributed by atoms with Gasteiger partial charge in [0.15, 0.2) is 5.78 Å². The van der Waals surface area contributed by atoms with Crippen LogP contribution in [-0.4, -0.2) is 32.1 Å². The van der Waals surface area contributed by atoms with Crippen molar-refractivity contribution in [3.05, 3.63) is 64.7 Å². The van der Waals surface area contributed by atoms with Crippen LogP contribution in [0.1, 0.15) is 15.9 Å². The van der Waals surface area contributed by atoms with E-state index in [9.17, 15) is 4.79 Å². The molecule has 0 saturated carbocycles. The van der Waals surface area contributed by atoms with Crippen LogP contribution < -0.4 is 4.90 Å². The molecule has 4 heteroatoms. The van der Waals surface area contributed by atoms with Crippen molar-refractivity contribution in [1.82, 2.24) is 0 Å². The number of epoxide rings is 1. The van der Waals surface area contributed by atoms with Gasteiger partial charge in [0, 0.05) is 35.4 Å². The summed E-state index contributed by atoms with van der Waals surface area (Å²) in [6, 6.07) is 14.7. The first-order valence-corrected chi connectivity index (χ1v) is 7.25. The first-order chi connectivity index (χ1) is 10.1. The molecule has 0 amide bonds. The smallest absolute Gasteiger partial charge is 0.195 e. The van der Waals surface area contributed by atoms with E-state index in [0.29, 0.717) is 16.1 Å². The Kier molecular flexibility index (Phi) is 3.95. The predicted octanol–water partition coefficient (Wildman–Crippen LogP) is 3.41. The molecule has 108 valence electrons. The maximum Gasteiger partial charge on any atom is 0.195 e. The second-order valence-electron chi connectivity index (χ2n) is 5.19. The van der Waals surface area contributed by atoms with Gasteiger partial charge in [0.05, 0.1) is 12.7 Å². The standard InChI is InChI=1S/C17H16ClNO2/c1-19(10-14-11-21-14)16-8-7-13(18)9-15(16)17(20)12-5-3-2-4-6-12/h2-9,14H,10-11H2,1H3. The van der Waals surface area contributed by atoms with Gasteiger partial charge in [-0.1, -0.05) is 41.9 Å². The first kappa shape index (κ1) is 14.1. The highest BCUT2D eigenvalue weighted by atomic mass is 35.5. The minimum Gasteiger partial charge on any atom is -0.371 e. The number of hydrogen-bond donors (Lipinski definition) is 0. The summed E-state index contributed by atoms with van der Waals surface area (Å²) in [4.78, 5) is 14.8. The van der Waals surface area contributed by atoms with Crippen LogP contribution in [0.4, 0.5) is 5.69 Å². The van der Waals surface area contributed by atoms with Gasteiger partial charge in [-0.15, -0.1) is 0 Å². The fourth-order valence-corrected chi connectivity index (χ4v) is 2.52. The van der Waals surface area contributed by atoms with Gasteiger partial charge in [-0.25, -0.2) is 0 Å². The molecule has 1 unspecified atom stereocenters. The van der Waals surface area contributed by atoms with Gasteiger partial charge in [-0.05, 0) is 18.2 Å². The number of nitrogens with zero attached hydrogens (tertiary/aromatic N) is 1. The molecule has 0 aromatic heterocycles. The Bertz CT molecular complexity index is 653. The van der Waals surface area contributed by atoms with E-state index in [4.69, 9.17) is 16.3 Å². The van der Waals surface area contributed by atoms with Crippen molar-refractivity contribution in [2.24, 2.45) is 0 Å². The second kappa shape index (κ2) is 5.88. The Balaban J connectivity index is 1.95. The average molecular weight is 302 g/mol. The van der Waals surface area contributed by atoms with Crippen molar-refractivity contribution in [3.8, 4) is 0 Å². The third kappa shape index (κ3) is 3.26. The van der Waals surface area contributed by atoms with Crippen LogP contribution in [0.15, 0.2) is 48.5 Å². The Morgan fingerprint density at radius 2 is 2.00 bits per heavy atom. The lowest BCUT2D eigenvalue weighted by atomic mass is 10.0. The van der Waals surface area contributed by atoms with Crippen molar-refractivity contribution in [2.45, 2.75) is 6.10 Å². The molecule has 1 aliphatic heterocycles. The van der Waals surface area contributed by atoms with Crippen LogP contribution in [0, 0.1) is 0 Å². The molecule has 1 saturated heterocycles. The summed E-state index contributed by atoms with van der Waals surface area (Å²) in [5.41, 5.74) is 2.16. The van der Waals surface area contributed by atoms with E-state index in [1.807, 2.05) is 54.4 Å². The molecule has 0 bridgehead atoms. The van der Waals surface area contributed by atoms with Crippen molar-refractivity contribution in [3.63, 3.8) is 0 Å². The lowest BCUT2D eigenvalue weighted by Gasteiger charge is -2.21. The molecule has 0 spiro atoms. The third-order valence-corrected chi connectivity index (χ3v) is 3.77. The van der Waals surface area contributed by atoms with E-state index >= 15 is 0 Å². The Morgan fingerprint density at radius 1 is 1.29 bits per heavy atom. The zero-order chi connectivity index (χ0) is 14.8. The van der Waals surface area contributed by atoms with E-state index < -0.39 is 0 Å². The highest BCUT2D eigenvalue weighted by Crippen LogP contribution is 2.27. The number of carbonyl (C=O) groups excluding carboxylic acids is 1. The number of ether oxygens (including phenoxy) is 1. The Hall–Kier alpha value is -1.84. The van der Waals surface area contributed by atoms with Crippen LogP contribution in [0.2, 0.25) is 5.02 Å². The molecular weight excluding hydrogens is 286 g/mol. The number of rotatable bonds is 5. The number of benzene rings is 2. The zero-order valence-corrected chi connectivity index (χ0v) is 12.5. The zero-order valence-electron chi connectivity index (χ0n) is 11.8. The predicted molar refractivity (Wildman–Crippen MR) is 84.3 cm³/mol. The molecule has 1 fully saturated rings. The Labute approximate surface area is 129 Å². The van der Waals surface area contributed by atoms with Gasteiger partial charge in [-0.2, -0.15) is 0 Å². The fourth-order valence-electron chi connectivity index (χ4n) is 2.35. The molecule has 21 heavy (non-hydrogen) atoms. The second-order valence-corrected chi connectivity index (χ2v) is 5.63. The molecule has 0 N–H and O–H groups in total. The van der Waals surface area contributed by atoms with Crippen LogP contribution in [0.3, 0.4) is 0 Å². The Morgan fingerprint density at radius 3 is 2.67 bits per heavy atom. The normalized spacial score (nSPS) is 16.6. The third-order valence-electron chi connectivity index (χ3n) is 3.53. The number of anilines is 1. The summed E-state index contributed by atoms with van der Waals surface area (Å²) in [5, 5.41) is 0.564. The first-order valence-electron chi connectivity index (χ1n) is 6.87. The highest BCUT2D eigenvalue weighted by molar-refractivity contribution is 6.31. The van der Waals surface area contributed by atoms with Crippen LogP contribution in [0.25, 0.3) is 0 Å². The molecule has 1 atom stereocenters. The van der Waals surface area contributed by atoms with Crippen molar-refractivity contribution >= 4 is 23.1 Å². The molecule has 3 rings (SSSR count). The SMILES string of the molecule is CN(CC1CO1)c1ccc(Cl)cc1C(=O)c1ccccc1. The number of carbonyl (C=O) groups is 1. The van der Waals surface area contributed by atoms with Gasteiger partial charge >= 0.3 is 0 Å². The highest BCUT2D eigenvalue weighted by Gasteiger charge is 2.26. The van der Waals surface area contributed by atoms with Crippen molar-refractivity contribution < 1.29 is 9.53 Å². The number of ketones is 1. The van der Waals surface area contributed by atoms with E-state index in [1.54, 1.807) is 6.07 Å². The van der Waals surface area contributed by atoms with Gasteiger partial charge in [0.1, 0.15) is 0 Å². The van der Waals surface area contributed by atoms with Crippen molar-refractivity contribution in [1.29, 1.82) is 0 Å². The minimum absolute atomic E-state index is 0.0170. The minimum atomic E-state index is -0.0170. The van der Waals surface area contributed by atoms with Crippen LogP contribution in [-0.2, 0) is 4.74 Å². The fraction of sp³-hybridized carbons (Fsp3) is 0.235. The summed E-state index contributed by atoms with van der Waals surface area (Å²) in [5.74, 6) is -0.0170. The molecule has 2 aromatic carbocycles. The van der Waals surface area contributed by atoms with Gasteiger partial charge in [0.25, 0.3) is 0 Å². The molecule has 0 radical (unpaired) electrons. The van der Waals surface area contributed by atoms with Gasteiger partial charge < -0.3 is 9.64 Å². The van der Waals surface area contributed by atoms with Gasteiger partial charge in [-0.3, -0.25) is 4.79 Å². The summed E-state index contributed by atoms with van der Waals surface area (Å²) in [6.45, 7) is 1.57. The maximum absolute atomic E-state index is 12.7. The van der Waals surface area contributed by atoms with E-state index in [1.165, 1.54) is 0 Å². The maximum atomic E-state index is 12.7.